The number of hydrogen-bond acceptors (Lipinski definition) is 8. The molecule has 0 atom stereocenters. The molecule has 0 aliphatic carbocycles. The number of hydrogen-bond donors (Lipinski definition) is 1. The average molecular weight is 334 g/mol. The highest BCUT2D eigenvalue weighted by atomic mass is 16.6. The molecule has 0 amide bonds. The number of nitrogens with two attached hydrogens (primary N) is 1. The summed E-state index contributed by atoms with van der Waals surface area (Å²) in [6, 6.07) is 5.13. The fraction of sp³-hybridized carbons (Fsp3) is 0.200. The van der Waals surface area contributed by atoms with E-state index < -0.39 is 16.9 Å². The number of esters is 2. The van der Waals surface area contributed by atoms with Crippen LogP contribution in [0.3, 0.4) is 0 Å². The van der Waals surface area contributed by atoms with Gasteiger partial charge in [-0.1, -0.05) is 0 Å². The molecule has 9 heteroatoms. The van der Waals surface area contributed by atoms with Crippen LogP contribution in [0.4, 0.5) is 11.4 Å². The van der Waals surface area contributed by atoms with E-state index in [1.165, 1.54) is 25.3 Å². The molecule has 1 heterocycles. The van der Waals surface area contributed by atoms with E-state index >= 15 is 0 Å². The molecule has 1 aromatic carbocycles. The normalized spacial score (nSPS) is 10.2. The van der Waals surface area contributed by atoms with Crippen LogP contribution in [0.25, 0.3) is 0 Å². The van der Waals surface area contributed by atoms with Gasteiger partial charge < -0.3 is 19.6 Å². The van der Waals surface area contributed by atoms with E-state index in [0.29, 0.717) is 5.56 Å². The second-order valence-corrected chi connectivity index (χ2v) is 4.82. The van der Waals surface area contributed by atoms with Gasteiger partial charge in [-0.25, -0.2) is 9.59 Å². The highest BCUT2D eigenvalue weighted by Crippen LogP contribution is 2.23. The number of benzene rings is 1. The predicted octanol–water partition coefficient (Wildman–Crippen LogP) is 2.22. The highest BCUT2D eigenvalue weighted by molar-refractivity contribution is 5.91. The molecule has 24 heavy (non-hydrogen) atoms. The van der Waals surface area contributed by atoms with Gasteiger partial charge in [0.15, 0.2) is 0 Å². The first kappa shape index (κ1) is 17.0. The molecule has 0 bridgehead atoms. The lowest BCUT2D eigenvalue weighted by Gasteiger charge is -2.04. The maximum Gasteiger partial charge on any atom is 0.374 e. The Kier molecular flexibility index (Phi) is 4.83. The predicted molar refractivity (Wildman–Crippen MR) is 81.4 cm³/mol. The first-order valence-electron chi connectivity index (χ1n) is 6.72. The fourth-order valence-electron chi connectivity index (χ4n) is 1.96. The van der Waals surface area contributed by atoms with Gasteiger partial charge in [0.2, 0.25) is 5.76 Å². The zero-order valence-electron chi connectivity index (χ0n) is 12.9. The molecule has 0 radical (unpaired) electrons. The maximum atomic E-state index is 12.0. The van der Waals surface area contributed by atoms with Crippen molar-refractivity contribution in [2.45, 2.75) is 13.5 Å². The van der Waals surface area contributed by atoms with Crippen LogP contribution in [0.1, 0.15) is 32.2 Å². The third-order valence-corrected chi connectivity index (χ3v) is 3.15. The number of aryl methyl sites for hydroxylation is 1. The van der Waals surface area contributed by atoms with Gasteiger partial charge in [-0.05, 0) is 25.1 Å². The molecule has 0 spiro atoms. The van der Waals surface area contributed by atoms with Crippen molar-refractivity contribution in [3.05, 3.63) is 57.0 Å². The number of nitro benzene ring substituents is 1. The summed E-state index contributed by atoms with van der Waals surface area (Å²) in [6.45, 7) is 1.40. The second-order valence-electron chi connectivity index (χ2n) is 4.82. The number of carbonyl (C=O) groups excluding carboxylic acids is 2. The molecule has 2 N–H and O–H groups in total. The summed E-state index contributed by atoms with van der Waals surface area (Å²) in [6.07, 6.45) is 0. The van der Waals surface area contributed by atoms with E-state index in [1.807, 2.05) is 0 Å². The van der Waals surface area contributed by atoms with E-state index in [0.717, 1.165) is 6.07 Å². The second kappa shape index (κ2) is 6.82. The largest absolute Gasteiger partial charge is 0.463 e. The molecular weight excluding hydrogens is 320 g/mol. The Labute approximate surface area is 136 Å². The SMILES string of the molecule is COC(=O)c1oc(COC(=O)c2ccc(N)c([N+](=O)[O-])c2)cc1C. The minimum atomic E-state index is -0.785. The van der Waals surface area contributed by atoms with Crippen LogP contribution in [0.5, 0.6) is 0 Å². The van der Waals surface area contributed by atoms with Crippen molar-refractivity contribution in [2.24, 2.45) is 0 Å². The number of rotatable bonds is 5. The minimum absolute atomic E-state index is 0.0201. The van der Waals surface area contributed by atoms with Crippen LogP contribution in [-0.2, 0) is 16.1 Å². The molecule has 0 aliphatic rings. The minimum Gasteiger partial charge on any atom is -0.463 e. The van der Waals surface area contributed by atoms with Gasteiger partial charge in [-0.3, -0.25) is 10.1 Å². The molecule has 0 saturated carbocycles. The van der Waals surface area contributed by atoms with Gasteiger partial charge in [0, 0.05) is 11.6 Å². The Morgan fingerprint density at radius 3 is 2.62 bits per heavy atom. The van der Waals surface area contributed by atoms with Crippen LogP contribution in [0.15, 0.2) is 28.7 Å². The van der Waals surface area contributed by atoms with Crippen molar-refractivity contribution in [2.75, 3.05) is 12.8 Å². The summed E-state index contributed by atoms with van der Waals surface area (Å²) in [4.78, 5) is 33.5. The van der Waals surface area contributed by atoms with Crippen molar-refractivity contribution in [1.29, 1.82) is 0 Å². The number of carbonyl (C=O) groups is 2. The summed E-state index contributed by atoms with van der Waals surface area (Å²) < 4.78 is 14.8. The van der Waals surface area contributed by atoms with E-state index in [4.69, 9.17) is 14.9 Å². The van der Waals surface area contributed by atoms with Gasteiger partial charge in [0.05, 0.1) is 17.6 Å². The molecule has 126 valence electrons. The molecule has 0 saturated heterocycles. The molecule has 9 nitrogen and oxygen atoms in total. The smallest absolute Gasteiger partial charge is 0.374 e. The summed E-state index contributed by atoms with van der Waals surface area (Å²) in [5, 5.41) is 10.8. The van der Waals surface area contributed by atoms with Crippen molar-refractivity contribution < 1.29 is 28.4 Å². The summed E-state index contributed by atoms with van der Waals surface area (Å²) in [5.74, 6) is -1.16. The van der Waals surface area contributed by atoms with Crippen molar-refractivity contribution in [3.63, 3.8) is 0 Å². The van der Waals surface area contributed by atoms with Gasteiger partial charge in [-0.2, -0.15) is 0 Å². The summed E-state index contributed by atoms with van der Waals surface area (Å²) in [7, 11) is 1.22. The Morgan fingerprint density at radius 1 is 1.29 bits per heavy atom. The molecule has 2 aromatic rings. The Hall–Kier alpha value is -3.36. The Balaban J connectivity index is 2.10. The van der Waals surface area contributed by atoms with Crippen LogP contribution in [-0.4, -0.2) is 24.0 Å². The van der Waals surface area contributed by atoms with Gasteiger partial charge in [0.25, 0.3) is 5.69 Å². The zero-order valence-corrected chi connectivity index (χ0v) is 12.9. The fourth-order valence-corrected chi connectivity index (χ4v) is 1.96. The lowest BCUT2D eigenvalue weighted by atomic mass is 10.2. The van der Waals surface area contributed by atoms with Crippen molar-refractivity contribution in [1.82, 2.24) is 0 Å². The monoisotopic (exact) mass is 334 g/mol. The number of nitrogens with zero attached hydrogens (tertiary/aromatic N) is 1. The number of furan rings is 1. The number of ether oxygens (including phenoxy) is 2. The Bertz CT molecular complexity index is 810. The van der Waals surface area contributed by atoms with Crippen LogP contribution >= 0.6 is 0 Å². The maximum absolute atomic E-state index is 12.0. The van der Waals surface area contributed by atoms with Crippen LogP contribution in [0.2, 0.25) is 0 Å². The molecular formula is C15H14N2O7. The molecule has 0 aliphatic heterocycles. The first-order chi connectivity index (χ1) is 11.3. The van der Waals surface area contributed by atoms with Crippen LogP contribution in [0, 0.1) is 17.0 Å². The first-order valence-corrected chi connectivity index (χ1v) is 6.72. The average Bonchev–Trinajstić information content (AvgIpc) is 2.93. The van der Waals surface area contributed by atoms with E-state index in [9.17, 15) is 19.7 Å². The molecule has 0 fully saturated rings. The standard InChI is InChI=1S/C15H14N2O7/c1-8-5-10(24-13(8)15(19)22-2)7-23-14(18)9-3-4-11(16)12(6-9)17(20)21/h3-6H,7,16H2,1-2H3. The zero-order chi connectivity index (χ0) is 17.9. The van der Waals surface area contributed by atoms with Crippen LogP contribution < -0.4 is 5.73 Å². The summed E-state index contributed by atoms with van der Waals surface area (Å²) >= 11 is 0. The quantitative estimate of drug-likeness (QED) is 0.380. The van der Waals surface area contributed by atoms with Gasteiger partial charge >= 0.3 is 11.9 Å². The lowest BCUT2D eigenvalue weighted by Crippen LogP contribution is -2.06. The molecule has 1 aromatic heterocycles. The molecule has 2 rings (SSSR count). The van der Waals surface area contributed by atoms with Gasteiger partial charge in [0.1, 0.15) is 18.1 Å². The van der Waals surface area contributed by atoms with Crippen molar-refractivity contribution >= 4 is 23.3 Å². The topological polar surface area (TPSA) is 135 Å². The third kappa shape index (κ3) is 3.51. The number of nitrogen functional groups attached to an aromatic ring is 1. The van der Waals surface area contributed by atoms with E-state index in [1.54, 1.807) is 6.92 Å². The summed E-state index contributed by atoms with van der Waals surface area (Å²) in [5.41, 5.74) is 5.54. The highest BCUT2D eigenvalue weighted by Gasteiger charge is 2.19. The van der Waals surface area contributed by atoms with Crippen molar-refractivity contribution in [3.8, 4) is 0 Å². The van der Waals surface area contributed by atoms with Gasteiger partial charge in [-0.15, -0.1) is 0 Å². The van der Waals surface area contributed by atoms with E-state index in [2.05, 4.69) is 4.74 Å². The third-order valence-electron chi connectivity index (χ3n) is 3.15. The number of methoxy groups -OCH3 is 1. The number of nitro groups is 1. The lowest BCUT2D eigenvalue weighted by molar-refractivity contribution is -0.383. The van der Waals surface area contributed by atoms with E-state index in [-0.39, 0.29) is 35.1 Å². The number of anilines is 1. The molecule has 0 unspecified atom stereocenters. The Morgan fingerprint density at radius 2 is 2.00 bits per heavy atom.